The second-order valence-electron chi connectivity index (χ2n) is 21.6. The average Bonchev–Trinajstić information content (AvgIpc) is 2.87. The van der Waals surface area contributed by atoms with Gasteiger partial charge in [0.1, 0.15) is 23.0 Å². The van der Waals surface area contributed by atoms with Gasteiger partial charge in [0.25, 0.3) is 13.4 Å². The molecule has 0 spiro atoms. The van der Waals surface area contributed by atoms with Crippen molar-refractivity contribution in [3.05, 3.63) is 242 Å². The summed E-state index contributed by atoms with van der Waals surface area (Å²) in [5.41, 5.74) is 25.9. The summed E-state index contributed by atoms with van der Waals surface area (Å²) in [4.78, 5) is 2.51. The normalized spacial score (nSPS) is 13.1. The molecule has 0 unspecified atom stereocenters. The lowest BCUT2D eigenvalue weighted by Gasteiger charge is -2.45. The number of aryl methyl sites for hydroxylation is 2. The fourth-order valence-corrected chi connectivity index (χ4v) is 13.7. The topological polar surface area (TPSA) is 26.6 Å². The van der Waals surface area contributed by atoms with Crippen LogP contribution in [0.25, 0.3) is 72.0 Å². The van der Waals surface area contributed by atoms with Crippen molar-refractivity contribution in [2.24, 2.45) is 0 Å². The number of hydrogen-bond acceptors (Lipinski definition) is 3. The highest BCUT2D eigenvalue weighted by atomic mass is 16.5. The van der Waals surface area contributed by atoms with Crippen LogP contribution in [0.1, 0.15) is 37.8 Å². The number of benzene rings is 11. The van der Waals surface area contributed by atoms with Crippen molar-refractivity contribution < 1.29 is 9.47 Å². The third-order valence-electron chi connectivity index (χ3n) is 17.1. The highest BCUT2D eigenvalue weighted by Crippen LogP contribution is 2.52. The van der Waals surface area contributed by atoms with Gasteiger partial charge >= 0.3 is 0 Å². The van der Waals surface area contributed by atoms with Gasteiger partial charge in [-0.25, -0.2) is 0 Å². The van der Waals surface area contributed by atoms with E-state index in [2.05, 4.69) is 254 Å². The summed E-state index contributed by atoms with van der Waals surface area (Å²) in [5, 5.41) is 2.43. The number of fused-ring (bicyclic) bond motifs is 13. The van der Waals surface area contributed by atoms with E-state index in [1.807, 2.05) is 0 Å². The molecule has 0 amide bonds. The van der Waals surface area contributed by atoms with E-state index in [-0.39, 0.29) is 13.4 Å². The lowest BCUT2D eigenvalue weighted by Crippen LogP contribution is -2.63. The van der Waals surface area contributed by atoms with E-state index >= 15 is 0 Å². The number of anilines is 3. The van der Waals surface area contributed by atoms with Crippen molar-refractivity contribution in [1.29, 1.82) is 0 Å². The minimum Gasteiger partial charge on any atom is -0.456 e. The fraction of sp³-hybridized carbons (Fsp3) is 0.0833. The number of rotatable bonds is 9. The Morgan fingerprint density at radius 3 is 1.42 bits per heavy atom. The first-order valence-corrected chi connectivity index (χ1v) is 27.8. The van der Waals surface area contributed by atoms with Crippen molar-refractivity contribution in [1.82, 2.24) is 4.57 Å². The fourth-order valence-electron chi connectivity index (χ4n) is 13.7. The lowest BCUT2D eigenvalue weighted by atomic mass is 9.31. The Bertz CT molecular complexity index is 4400. The molecule has 5 heterocycles. The molecule has 0 bridgehead atoms. The minimum atomic E-state index is -0.187. The van der Waals surface area contributed by atoms with Crippen LogP contribution >= 0.6 is 0 Å². The summed E-state index contributed by atoms with van der Waals surface area (Å²) < 4.78 is 18.2. The molecule has 78 heavy (non-hydrogen) atoms. The Morgan fingerprint density at radius 1 is 0.372 bits per heavy atom. The highest BCUT2D eigenvalue weighted by Gasteiger charge is 2.51. The van der Waals surface area contributed by atoms with Crippen LogP contribution in [0.2, 0.25) is 0 Å². The van der Waals surface area contributed by atoms with Gasteiger partial charge in [0.15, 0.2) is 0 Å². The van der Waals surface area contributed by atoms with Crippen LogP contribution in [0.15, 0.2) is 231 Å². The standard InChI is InChI=1S/C72H52B2N2O2/c1-3-17-45-27-37-64-59(39-45)73-58-43-53(49-23-13-7-14-24-49)32-36-63(58)75(55-33-29-51(30-34-55)47-19-9-5-10-20-47)69-66(73)72(78-64)70-67-71(69)77-65-38-28-46(18-4-2)40-60(65)74(67)61-44-54(50-25-15-8-16-26-50)42-57-56-41-52(48-21-11-6-12-22-48)31-35-62(56)76(70)68(57)61/h5-16,19-44H,3-4,17-18H2,1-2H3. The minimum absolute atomic E-state index is 0.185. The number of nitrogens with zero attached hydrogens (tertiary/aromatic N) is 2. The smallest absolute Gasteiger partial charge is 0.256 e. The zero-order valence-electron chi connectivity index (χ0n) is 43.6. The maximum atomic E-state index is 7.82. The van der Waals surface area contributed by atoms with E-state index in [1.165, 1.54) is 93.8 Å². The van der Waals surface area contributed by atoms with Gasteiger partial charge in [0, 0.05) is 38.6 Å². The molecule has 0 atom stereocenters. The van der Waals surface area contributed by atoms with Crippen molar-refractivity contribution in [3.63, 3.8) is 0 Å². The van der Waals surface area contributed by atoms with E-state index in [9.17, 15) is 0 Å². The summed E-state index contributed by atoms with van der Waals surface area (Å²) in [5.74, 6) is 3.56. The molecule has 0 N–H and O–H groups in total. The zero-order valence-corrected chi connectivity index (χ0v) is 43.6. The number of hydrogen-bond donors (Lipinski definition) is 0. The zero-order chi connectivity index (χ0) is 51.6. The van der Waals surface area contributed by atoms with Crippen LogP contribution in [0, 0.1) is 0 Å². The molecule has 0 saturated heterocycles. The van der Waals surface area contributed by atoms with E-state index in [0.717, 1.165) is 87.9 Å². The monoisotopic (exact) mass is 998 g/mol. The van der Waals surface area contributed by atoms with Crippen LogP contribution in [0.3, 0.4) is 0 Å². The Balaban J connectivity index is 1.07. The summed E-state index contributed by atoms with van der Waals surface area (Å²) in [6.45, 7) is 4.17. The molecule has 12 aromatic rings. The molecule has 1 aromatic heterocycles. The van der Waals surface area contributed by atoms with Gasteiger partial charge in [-0.2, -0.15) is 0 Å². The Labute approximate surface area is 456 Å². The van der Waals surface area contributed by atoms with E-state index in [0.29, 0.717) is 0 Å². The summed E-state index contributed by atoms with van der Waals surface area (Å²) in [7, 11) is 0. The molecule has 4 nitrogen and oxygen atoms in total. The molecule has 6 heteroatoms. The van der Waals surface area contributed by atoms with Crippen molar-refractivity contribution in [3.8, 4) is 73.2 Å². The van der Waals surface area contributed by atoms with Crippen LogP contribution in [0.4, 0.5) is 17.1 Å². The van der Waals surface area contributed by atoms with Gasteiger partial charge in [0.2, 0.25) is 0 Å². The Morgan fingerprint density at radius 2 is 0.833 bits per heavy atom. The molecule has 11 aromatic carbocycles. The van der Waals surface area contributed by atoms with Crippen LogP contribution in [-0.4, -0.2) is 18.0 Å². The molecule has 0 radical (unpaired) electrons. The second kappa shape index (κ2) is 17.7. The first-order chi connectivity index (χ1) is 38.6. The lowest BCUT2D eigenvalue weighted by molar-refractivity contribution is 0.474. The molecule has 0 saturated carbocycles. The second-order valence-corrected chi connectivity index (χ2v) is 21.6. The van der Waals surface area contributed by atoms with Gasteiger partial charge in [-0.1, -0.05) is 209 Å². The molecule has 4 aliphatic rings. The maximum absolute atomic E-state index is 7.82. The van der Waals surface area contributed by atoms with Crippen molar-refractivity contribution in [2.75, 3.05) is 4.90 Å². The summed E-state index contributed by atoms with van der Waals surface area (Å²) in [6, 6.07) is 85.5. The van der Waals surface area contributed by atoms with Crippen LogP contribution in [-0.2, 0) is 12.8 Å². The molecular formula is C72H52B2N2O2. The quantitative estimate of drug-likeness (QED) is 0.135. The van der Waals surface area contributed by atoms with E-state index in [1.54, 1.807) is 0 Å². The average molecular weight is 999 g/mol. The summed E-state index contributed by atoms with van der Waals surface area (Å²) >= 11 is 0. The van der Waals surface area contributed by atoms with E-state index in [4.69, 9.17) is 9.47 Å². The molecule has 0 aliphatic carbocycles. The van der Waals surface area contributed by atoms with Crippen molar-refractivity contribution >= 4 is 85.1 Å². The van der Waals surface area contributed by atoms with Gasteiger partial charge in [0.05, 0.1) is 16.9 Å². The molecule has 16 rings (SSSR count). The maximum Gasteiger partial charge on any atom is 0.256 e. The van der Waals surface area contributed by atoms with Gasteiger partial charge in [-0.3, -0.25) is 0 Å². The number of aromatic nitrogens is 1. The van der Waals surface area contributed by atoms with Gasteiger partial charge in [-0.05, 0) is 139 Å². The van der Waals surface area contributed by atoms with Crippen molar-refractivity contribution in [2.45, 2.75) is 39.5 Å². The predicted octanol–water partition coefficient (Wildman–Crippen LogP) is 14.7. The SMILES string of the molecule is CCCc1ccc2c(c1)B1c3cc(-c4ccccc4)ccc3N(c3ccc(-c4ccccc4)cc3)c3c4c5c(c(c31)O2)-n1c2ccc(-c3ccccc3)cc2c2cc(-c3ccccc3)cc(c21)B5c1cc(CCC)ccc1O4. The molecule has 0 fully saturated rings. The largest absolute Gasteiger partial charge is 0.456 e. The Kier molecular flexibility index (Phi) is 10.2. The first kappa shape index (κ1) is 45.0. The molecular weight excluding hydrogens is 946 g/mol. The first-order valence-electron chi connectivity index (χ1n) is 27.8. The van der Waals surface area contributed by atoms with Gasteiger partial charge in [-0.15, -0.1) is 0 Å². The van der Waals surface area contributed by atoms with E-state index < -0.39 is 0 Å². The third kappa shape index (κ3) is 6.75. The molecule has 4 aliphatic heterocycles. The van der Waals surface area contributed by atoms with Crippen LogP contribution in [0.5, 0.6) is 23.0 Å². The third-order valence-corrected chi connectivity index (χ3v) is 17.1. The highest BCUT2D eigenvalue weighted by molar-refractivity contribution is 7.02. The van der Waals surface area contributed by atoms with Crippen LogP contribution < -0.4 is 47.2 Å². The molecule has 368 valence electrons. The predicted molar refractivity (Wildman–Crippen MR) is 328 cm³/mol. The Hall–Kier alpha value is -9.25. The van der Waals surface area contributed by atoms with Gasteiger partial charge < -0.3 is 18.9 Å². The summed E-state index contributed by atoms with van der Waals surface area (Å²) in [6.07, 6.45) is 4.06. The number of ether oxygens (including phenoxy) is 2.